The number of allylic oxidation sites excluding steroid dienone is 1. The molecule has 1 heterocycles. The predicted molar refractivity (Wildman–Crippen MR) is 79.0 cm³/mol. The first-order valence-corrected chi connectivity index (χ1v) is 6.97. The Morgan fingerprint density at radius 1 is 1.21 bits per heavy atom. The zero-order valence-corrected chi connectivity index (χ0v) is 11.9. The van der Waals surface area contributed by atoms with E-state index in [2.05, 4.69) is 20.9 Å². The van der Waals surface area contributed by atoms with Gasteiger partial charge in [-0.05, 0) is 48.2 Å². The summed E-state index contributed by atoms with van der Waals surface area (Å²) < 4.78 is 0.947. The zero-order chi connectivity index (χ0) is 13.2. The maximum atomic E-state index is 12.5. The fourth-order valence-electron chi connectivity index (χ4n) is 2.33. The molecule has 2 aromatic rings. The minimum Gasteiger partial charge on any atom is -0.289 e. The smallest absolute Gasteiger partial charge is 0.189 e. The fraction of sp³-hybridized carbons (Fsp3) is 0.125. The molecule has 0 spiro atoms. The second-order valence-electron chi connectivity index (χ2n) is 4.59. The number of pyridine rings is 1. The molecule has 0 amide bonds. The van der Waals surface area contributed by atoms with E-state index in [0.29, 0.717) is 0 Å². The van der Waals surface area contributed by atoms with Crippen LogP contribution in [-0.4, -0.2) is 10.8 Å². The van der Waals surface area contributed by atoms with Gasteiger partial charge < -0.3 is 0 Å². The number of hydrogen-bond donors (Lipinski definition) is 0. The lowest BCUT2D eigenvalue weighted by molar-refractivity contribution is 0.102. The fourth-order valence-corrected chi connectivity index (χ4v) is 2.70. The molecule has 19 heavy (non-hydrogen) atoms. The van der Waals surface area contributed by atoms with Crippen LogP contribution in [0, 0.1) is 0 Å². The Morgan fingerprint density at radius 2 is 2.11 bits per heavy atom. The van der Waals surface area contributed by atoms with Gasteiger partial charge in [-0.15, -0.1) is 0 Å². The Morgan fingerprint density at radius 3 is 2.89 bits per heavy atom. The summed E-state index contributed by atoms with van der Waals surface area (Å²) in [5.74, 6) is 0.131. The highest BCUT2D eigenvalue weighted by molar-refractivity contribution is 9.10. The van der Waals surface area contributed by atoms with Gasteiger partial charge in [0, 0.05) is 28.0 Å². The summed E-state index contributed by atoms with van der Waals surface area (Å²) in [4.78, 5) is 16.5. The van der Waals surface area contributed by atoms with Gasteiger partial charge >= 0.3 is 0 Å². The number of aryl methyl sites for hydroxylation is 1. The normalized spacial score (nSPS) is 16.5. The van der Waals surface area contributed by atoms with E-state index >= 15 is 0 Å². The van der Waals surface area contributed by atoms with Gasteiger partial charge in [-0.3, -0.25) is 9.78 Å². The molecule has 0 fully saturated rings. The summed E-state index contributed by atoms with van der Waals surface area (Å²) in [6.45, 7) is 0. The molecule has 0 bridgehead atoms. The molecular weight excluding hydrogens is 302 g/mol. The second-order valence-corrected chi connectivity index (χ2v) is 5.50. The first-order chi connectivity index (χ1) is 9.24. The summed E-state index contributed by atoms with van der Waals surface area (Å²) in [6.07, 6.45) is 7.16. The molecule has 0 saturated heterocycles. The van der Waals surface area contributed by atoms with Gasteiger partial charge in [-0.25, -0.2) is 0 Å². The van der Waals surface area contributed by atoms with Crippen LogP contribution in [-0.2, 0) is 6.42 Å². The Balaban J connectivity index is 2.00. The number of benzene rings is 1. The van der Waals surface area contributed by atoms with Crippen LogP contribution in [0.2, 0.25) is 0 Å². The largest absolute Gasteiger partial charge is 0.289 e. The standard InChI is InChI=1S/C16H12BrNO/c17-14-6-5-12-3-4-13(16(19)15(12)9-14)8-11-2-1-7-18-10-11/h1-2,5-10H,3-4H2/b13-8-. The van der Waals surface area contributed by atoms with Crippen molar-refractivity contribution in [1.29, 1.82) is 0 Å². The Kier molecular flexibility index (Phi) is 3.30. The molecule has 0 aliphatic heterocycles. The Labute approximate surface area is 120 Å². The molecule has 3 rings (SSSR count). The Bertz CT molecular complexity index is 662. The molecule has 3 heteroatoms. The molecule has 0 N–H and O–H groups in total. The molecule has 0 radical (unpaired) electrons. The minimum absolute atomic E-state index is 0.131. The van der Waals surface area contributed by atoms with E-state index < -0.39 is 0 Å². The monoisotopic (exact) mass is 313 g/mol. The highest BCUT2D eigenvalue weighted by Crippen LogP contribution is 2.28. The van der Waals surface area contributed by atoms with Crippen LogP contribution in [0.25, 0.3) is 6.08 Å². The zero-order valence-electron chi connectivity index (χ0n) is 10.3. The maximum absolute atomic E-state index is 12.5. The van der Waals surface area contributed by atoms with Gasteiger partial charge in [-0.2, -0.15) is 0 Å². The lowest BCUT2D eigenvalue weighted by Crippen LogP contribution is -2.14. The third-order valence-electron chi connectivity index (χ3n) is 3.30. The van der Waals surface area contributed by atoms with E-state index in [4.69, 9.17) is 0 Å². The van der Waals surface area contributed by atoms with Gasteiger partial charge in [0.2, 0.25) is 0 Å². The molecule has 2 nitrogen and oxygen atoms in total. The number of carbonyl (C=O) groups is 1. The average molecular weight is 314 g/mol. The maximum Gasteiger partial charge on any atom is 0.189 e. The van der Waals surface area contributed by atoms with Crippen LogP contribution < -0.4 is 0 Å². The number of Topliss-reactive ketones (excluding diaryl/α,β-unsaturated/α-hetero) is 1. The lowest BCUT2D eigenvalue weighted by Gasteiger charge is -2.17. The highest BCUT2D eigenvalue weighted by Gasteiger charge is 2.21. The van der Waals surface area contributed by atoms with Crippen molar-refractivity contribution in [3.8, 4) is 0 Å². The summed E-state index contributed by atoms with van der Waals surface area (Å²) in [5.41, 5.74) is 3.79. The molecule has 1 aromatic heterocycles. The van der Waals surface area contributed by atoms with Crippen molar-refractivity contribution in [3.05, 3.63) is 69.5 Å². The third-order valence-corrected chi connectivity index (χ3v) is 3.79. The van der Waals surface area contributed by atoms with E-state index in [0.717, 1.165) is 39.6 Å². The lowest BCUT2D eigenvalue weighted by atomic mass is 9.86. The van der Waals surface area contributed by atoms with Gasteiger partial charge in [0.15, 0.2) is 5.78 Å². The van der Waals surface area contributed by atoms with Crippen molar-refractivity contribution in [2.45, 2.75) is 12.8 Å². The number of fused-ring (bicyclic) bond motifs is 1. The average Bonchev–Trinajstić information content (AvgIpc) is 2.44. The SMILES string of the molecule is O=C1/C(=C\c2cccnc2)CCc2ccc(Br)cc21. The molecule has 1 aliphatic rings. The van der Waals surface area contributed by atoms with Crippen molar-refractivity contribution in [1.82, 2.24) is 4.98 Å². The first-order valence-electron chi connectivity index (χ1n) is 6.18. The number of carbonyl (C=O) groups excluding carboxylic acids is 1. The predicted octanol–water partition coefficient (Wildman–Crippen LogP) is 4.06. The van der Waals surface area contributed by atoms with Crippen molar-refractivity contribution in [2.24, 2.45) is 0 Å². The minimum atomic E-state index is 0.131. The van der Waals surface area contributed by atoms with E-state index in [1.54, 1.807) is 12.4 Å². The Hall–Kier alpha value is -1.74. The number of aromatic nitrogens is 1. The van der Waals surface area contributed by atoms with Gasteiger partial charge in [0.25, 0.3) is 0 Å². The molecule has 0 saturated carbocycles. The van der Waals surface area contributed by atoms with Crippen LogP contribution in [0.4, 0.5) is 0 Å². The van der Waals surface area contributed by atoms with Crippen LogP contribution in [0.15, 0.2) is 52.8 Å². The molecule has 0 atom stereocenters. The van der Waals surface area contributed by atoms with E-state index in [1.807, 2.05) is 36.4 Å². The van der Waals surface area contributed by atoms with Crippen molar-refractivity contribution >= 4 is 27.8 Å². The summed E-state index contributed by atoms with van der Waals surface area (Å²) >= 11 is 3.42. The number of rotatable bonds is 1. The van der Waals surface area contributed by atoms with Gasteiger partial charge in [-0.1, -0.05) is 28.1 Å². The van der Waals surface area contributed by atoms with E-state index in [-0.39, 0.29) is 5.78 Å². The number of nitrogens with zero attached hydrogens (tertiary/aromatic N) is 1. The van der Waals surface area contributed by atoms with Crippen LogP contribution >= 0.6 is 15.9 Å². The van der Waals surface area contributed by atoms with Gasteiger partial charge in [0.1, 0.15) is 0 Å². The van der Waals surface area contributed by atoms with Crippen molar-refractivity contribution in [3.63, 3.8) is 0 Å². The molecule has 1 aliphatic carbocycles. The number of ketones is 1. The topological polar surface area (TPSA) is 30.0 Å². The summed E-state index contributed by atoms with van der Waals surface area (Å²) in [6, 6.07) is 9.77. The van der Waals surface area contributed by atoms with E-state index in [1.165, 1.54) is 0 Å². The van der Waals surface area contributed by atoms with Gasteiger partial charge in [0.05, 0.1) is 0 Å². The highest BCUT2D eigenvalue weighted by atomic mass is 79.9. The van der Waals surface area contributed by atoms with Crippen LogP contribution in [0.3, 0.4) is 0 Å². The molecule has 94 valence electrons. The quantitative estimate of drug-likeness (QED) is 0.743. The summed E-state index contributed by atoms with van der Waals surface area (Å²) in [7, 11) is 0. The van der Waals surface area contributed by atoms with Crippen LogP contribution in [0.5, 0.6) is 0 Å². The number of hydrogen-bond acceptors (Lipinski definition) is 2. The van der Waals surface area contributed by atoms with Crippen molar-refractivity contribution < 1.29 is 4.79 Å². The van der Waals surface area contributed by atoms with E-state index in [9.17, 15) is 4.79 Å². The van der Waals surface area contributed by atoms with Crippen LogP contribution in [0.1, 0.15) is 27.9 Å². The summed E-state index contributed by atoms with van der Waals surface area (Å²) in [5, 5.41) is 0. The third kappa shape index (κ3) is 2.51. The first kappa shape index (κ1) is 12.3. The molecular formula is C16H12BrNO. The second kappa shape index (κ2) is 5.10. The van der Waals surface area contributed by atoms with Crippen molar-refractivity contribution in [2.75, 3.05) is 0 Å². The molecule has 0 unspecified atom stereocenters. The molecule has 1 aromatic carbocycles. The number of halogens is 1.